The standard InChI is InChI=1S/C35H64/c1-3-4-5-6-7-8-9-10-11-12-13-14-15-16-17-18-19-20-21-22-23-24-25-26-27-28-31-35-32-29-30-34(2)33-35/h29-30,32-33H,3-28,31H2,1-2H3. The molecule has 1 rings (SSSR count). The van der Waals surface area contributed by atoms with Crippen LogP contribution in [0.15, 0.2) is 24.3 Å². The molecule has 0 spiro atoms. The molecule has 1 aromatic rings. The Morgan fingerprint density at radius 3 is 1.03 bits per heavy atom. The maximum Gasteiger partial charge on any atom is -0.0279 e. The Morgan fingerprint density at radius 1 is 0.400 bits per heavy atom. The molecule has 0 heteroatoms. The van der Waals surface area contributed by atoms with Crippen LogP contribution in [0.5, 0.6) is 0 Å². The summed E-state index contributed by atoms with van der Waals surface area (Å²) in [7, 11) is 0. The zero-order chi connectivity index (χ0) is 25.1. The van der Waals surface area contributed by atoms with Crippen molar-refractivity contribution in [3.05, 3.63) is 35.4 Å². The molecule has 0 saturated carbocycles. The summed E-state index contributed by atoms with van der Waals surface area (Å²) in [6.45, 7) is 4.50. The maximum atomic E-state index is 2.35. The fraction of sp³-hybridized carbons (Fsp3) is 0.829. The Balaban J connectivity index is 1.66. The van der Waals surface area contributed by atoms with Crippen molar-refractivity contribution in [1.82, 2.24) is 0 Å². The van der Waals surface area contributed by atoms with Gasteiger partial charge in [0.1, 0.15) is 0 Å². The van der Waals surface area contributed by atoms with Gasteiger partial charge in [-0.1, -0.05) is 197 Å². The highest BCUT2D eigenvalue weighted by atomic mass is 14.0. The van der Waals surface area contributed by atoms with Gasteiger partial charge in [0.15, 0.2) is 0 Å². The predicted molar refractivity (Wildman–Crippen MR) is 161 cm³/mol. The molecule has 0 amide bonds. The molecule has 0 aliphatic heterocycles. The van der Waals surface area contributed by atoms with Gasteiger partial charge in [-0.2, -0.15) is 0 Å². The first kappa shape index (κ1) is 32.2. The van der Waals surface area contributed by atoms with Crippen LogP contribution in [-0.4, -0.2) is 0 Å². The topological polar surface area (TPSA) is 0 Å². The molecule has 0 unspecified atom stereocenters. The molecule has 0 nitrogen and oxygen atoms in total. The van der Waals surface area contributed by atoms with Crippen LogP contribution in [0.3, 0.4) is 0 Å². The Bertz CT molecular complexity index is 531. The van der Waals surface area contributed by atoms with Crippen LogP contribution in [0.25, 0.3) is 0 Å². The van der Waals surface area contributed by atoms with E-state index in [-0.39, 0.29) is 0 Å². The molecule has 0 bridgehead atoms. The number of hydrogen-bond acceptors (Lipinski definition) is 0. The van der Waals surface area contributed by atoms with E-state index >= 15 is 0 Å². The van der Waals surface area contributed by atoms with Crippen molar-refractivity contribution in [1.29, 1.82) is 0 Å². The Hall–Kier alpha value is -0.780. The number of hydrogen-bond donors (Lipinski definition) is 0. The minimum absolute atomic E-state index is 1.26. The highest BCUT2D eigenvalue weighted by Gasteiger charge is 1.97. The third-order valence-electron chi connectivity index (χ3n) is 7.90. The summed E-state index contributed by atoms with van der Waals surface area (Å²) < 4.78 is 0. The first-order chi connectivity index (χ1) is 17.3. The zero-order valence-electron chi connectivity index (χ0n) is 24.4. The van der Waals surface area contributed by atoms with E-state index in [1.807, 2.05) is 0 Å². The number of aryl methyl sites for hydroxylation is 2. The number of rotatable bonds is 27. The summed E-state index contributed by atoms with van der Waals surface area (Å²) in [5.41, 5.74) is 2.92. The highest BCUT2D eigenvalue weighted by molar-refractivity contribution is 5.22. The van der Waals surface area contributed by atoms with Crippen LogP contribution >= 0.6 is 0 Å². The molecular weight excluding hydrogens is 420 g/mol. The molecule has 0 radical (unpaired) electrons. The summed E-state index contributed by atoms with van der Waals surface area (Å²) in [6.07, 6.45) is 39.4. The normalized spacial score (nSPS) is 11.4. The minimum Gasteiger partial charge on any atom is -0.0654 e. The van der Waals surface area contributed by atoms with Gasteiger partial charge in [0, 0.05) is 0 Å². The van der Waals surface area contributed by atoms with Crippen LogP contribution < -0.4 is 0 Å². The molecule has 0 aromatic heterocycles. The number of benzene rings is 1. The van der Waals surface area contributed by atoms with E-state index in [1.165, 1.54) is 184 Å². The largest absolute Gasteiger partial charge is 0.0654 e. The van der Waals surface area contributed by atoms with Crippen LogP contribution in [0.4, 0.5) is 0 Å². The van der Waals surface area contributed by atoms with Crippen molar-refractivity contribution in [2.45, 2.75) is 187 Å². The molecular formula is C35H64. The summed E-state index contributed by atoms with van der Waals surface area (Å²) in [6, 6.07) is 9.03. The fourth-order valence-electron chi connectivity index (χ4n) is 5.51. The molecule has 0 N–H and O–H groups in total. The Kier molecular flexibility index (Phi) is 24.2. The van der Waals surface area contributed by atoms with Gasteiger partial charge in [-0.05, 0) is 25.3 Å². The monoisotopic (exact) mass is 485 g/mol. The van der Waals surface area contributed by atoms with Crippen molar-refractivity contribution < 1.29 is 0 Å². The Labute approximate surface area is 222 Å². The Morgan fingerprint density at radius 2 is 0.714 bits per heavy atom. The van der Waals surface area contributed by atoms with Crippen LogP contribution in [0, 0.1) is 6.92 Å². The van der Waals surface area contributed by atoms with E-state index in [0.717, 1.165) is 0 Å². The lowest BCUT2D eigenvalue weighted by Gasteiger charge is -2.05. The maximum absolute atomic E-state index is 2.35. The average Bonchev–Trinajstić information content (AvgIpc) is 2.86. The summed E-state index contributed by atoms with van der Waals surface area (Å²) in [5.74, 6) is 0. The van der Waals surface area contributed by atoms with Gasteiger partial charge in [-0.25, -0.2) is 0 Å². The molecule has 0 heterocycles. The molecule has 1 aromatic carbocycles. The second-order valence-electron chi connectivity index (χ2n) is 11.6. The third-order valence-corrected chi connectivity index (χ3v) is 7.90. The van der Waals surface area contributed by atoms with Gasteiger partial charge in [-0.15, -0.1) is 0 Å². The van der Waals surface area contributed by atoms with E-state index in [2.05, 4.69) is 38.1 Å². The van der Waals surface area contributed by atoms with E-state index < -0.39 is 0 Å². The lowest BCUT2D eigenvalue weighted by molar-refractivity contribution is 0.515. The van der Waals surface area contributed by atoms with Crippen molar-refractivity contribution in [2.24, 2.45) is 0 Å². The van der Waals surface area contributed by atoms with Crippen LogP contribution in [0.2, 0.25) is 0 Å². The van der Waals surface area contributed by atoms with Crippen molar-refractivity contribution in [3.63, 3.8) is 0 Å². The predicted octanol–water partition coefficient (Wildman–Crippen LogP) is 12.7. The van der Waals surface area contributed by atoms with Gasteiger partial charge in [0.2, 0.25) is 0 Å². The minimum atomic E-state index is 1.26. The van der Waals surface area contributed by atoms with Gasteiger partial charge < -0.3 is 0 Å². The quantitative estimate of drug-likeness (QED) is 0.109. The molecule has 0 fully saturated rings. The molecule has 35 heavy (non-hydrogen) atoms. The second-order valence-corrected chi connectivity index (χ2v) is 11.6. The summed E-state index contributed by atoms with van der Waals surface area (Å²) in [4.78, 5) is 0. The molecule has 0 saturated heterocycles. The molecule has 204 valence electrons. The molecule has 0 atom stereocenters. The van der Waals surface area contributed by atoms with E-state index in [4.69, 9.17) is 0 Å². The second kappa shape index (κ2) is 26.3. The average molecular weight is 485 g/mol. The third kappa shape index (κ3) is 23.4. The first-order valence-electron chi connectivity index (χ1n) is 16.4. The smallest absolute Gasteiger partial charge is 0.0279 e. The van der Waals surface area contributed by atoms with Crippen molar-refractivity contribution in [2.75, 3.05) is 0 Å². The first-order valence-corrected chi connectivity index (χ1v) is 16.4. The van der Waals surface area contributed by atoms with Gasteiger partial charge in [0.25, 0.3) is 0 Å². The number of unbranched alkanes of at least 4 members (excludes halogenated alkanes) is 25. The fourth-order valence-corrected chi connectivity index (χ4v) is 5.51. The van der Waals surface area contributed by atoms with Crippen LogP contribution in [0.1, 0.15) is 185 Å². The molecule has 0 aliphatic rings. The summed E-state index contributed by atoms with van der Waals surface area (Å²) in [5, 5.41) is 0. The van der Waals surface area contributed by atoms with Crippen LogP contribution in [-0.2, 0) is 6.42 Å². The van der Waals surface area contributed by atoms with Gasteiger partial charge >= 0.3 is 0 Å². The van der Waals surface area contributed by atoms with Gasteiger partial charge in [0.05, 0.1) is 0 Å². The van der Waals surface area contributed by atoms with Crippen molar-refractivity contribution in [3.8, 4) is 0 Å². The summed E-state index contributed by atoms with van der Waals surface area (Å²) >= 11 is 0. The lowest BCUT2D eigenvalue weighted by atomic mass is 10.0. The van der Waals surface area contributed by atoms with E-state index in [9.17, 15) is 0 Å². The highest BCUT2D eigenvalue weighted by Crippen LogP contribution is 2.16. The van der Waals surface area contributed by atoms with E-state index in [0.29, 0.717) is 0 Å². The zero-order valence-corrected chi connectivity index (χ0v) is 24.4. The van der Waals surface area contributed by atoms with Crippen molar-refractivity contribution >= 4 is 0 Å². The lowest BCUT2D eigenvalue weighted by Crippen LogP contribution is -1.87. The van der Waals surface area contributed by atoms with Gasteiger partial charge in [-0.3, -0.25) is 0 Å². The SMILES string of the molecule is CCCCCCCCCCCCCCCCCCCCCCCCCCCCc1cccc(C)c1. The van der Waals surface area contributed by atoms with E-state index in [1.54, 1.807) is 0 Å². The molecule has 0 aliphatic carbocycles.